The van der Waals surface area contributed by atoms with E-state index in [2.05, 4.69) is 98.1 Å². The topological polar surface area (TPSA) is 109 Å². The molecule has 9 aromatic rings. The number of pyridine rings is 3. The molecule has 6 aromatic carbocycles. The number of fused-ring (bicyclic) bond motifs is 6. The van der Waals surface area contributed by atoms with Gasteiger partial charge in [0.15, 0.2) is 0 Å². The molecular formula is C83H77Cl4F4N9O3. The van der Waals surface area contributed by atoms with Crippen LogP contribution in [-0.4, -0.2) is 126 Å². The van der Waals surface area contributed by atoms with Gasteiger partial charge in [-0.25, -0.2) is 32.5 Å². The standard InChI is InChI=1S/C28H27Cl2N3O.C28H27ClFN3O.C27H23ClF3N3O/c1-20-4-9-25-24(17-20)28(19-33(25)27(34)22-10-13-31-26(30)18-22)11-15-32(16-12-28)14-2-3-21-5-7-23(29)8-6-21;1-20-4-9-25-24(17-20)28(19-33(25)27(34)22-10-13-31-26(29)18-22)11-15-32(16-12-28)14-2-3-21-5-7-23(30)8-6-21;28-25-15-18(8-11-32-25)26(35)34-17-27(21-16-19(29)6-7-24(21)34)9-13-33(14-10-27)12-2-3-20-22(30)4-1-5-23(20)31/h2*2-10,13,17-18H,11-12,14-16,19H2,1H3;1-8,11,15-16H,9-10,12-14,17H2/b3*3-2+. The highest BCUT2D eigenvalue weighted by Crippen LogP contribution is 2.51. The summed E-state index contributed by atoms with van der Waals surface area (Å²) in [6.07, 6.45) is 21.9. The predicted octanol–water partition coefficient (Wildman–Crippen LogP) is 18.2. The van der Waals surface area contributed by atoms with Crippen LogP contribution in [0.25, 0.3) is 18.2 Å². The molecule has 0 bridgehead atoms. The summed E-state index contributed by atoms with van der Waals surface area (Å²) in [5.74, 6) is -1.98. The highest BCUT2D eigenvalue weighted by Gasteiger charge is 2.49. The summed E-state index contributed by atoms with van der Waals surface area (Å²) in [6.45, 7) is 13.7. The Morgan fingerprint density at radius 3 is 1.13 bits per heavy atom. The third-order valence-corrected chi connectivity index (χ3v) is 21.9. The first-order valence-corrected chi connectivity index (χ1v) is 36.2. The lowest BCUT2D eigenvalue weighted by molar-refractivity contribution is 0.0970. The second-order valence-electron chi connectivity index (χ2n) is 27.7. The minimum atomic E-state index is -0.594. The number of piperidine rings is 3. The van der Waals surface area contributed by atoms with Crippen molar-refractivity contribution in [2.24, 2.45) is 0 Å². The Labute approximate surface area is 618 Å². The van der Waals surface area contributed by atoms with Gasteiger partial charge in [0.1, 0.15) is 38.7 Å². The Morgan fingerprint density at radius 2 is 0.748 bits per heavy atom. The van der Waals surface area contributed by atoms with Crippen molar-refractivity contribution in [1.82, 2.24) is 29.7 Å². The van der Waals surface area contributed by atoms with Crippen molar-refractivity contribution < 1.29 is 31.9 Å². The molecule has 3 amide bonds. The van der Waals surface area contributed by atoms with E-state index in [1.54, 1.807) is 78.0 Å². The Hall–Kier alpha value is -8.84. The molecule has 3 spiro atoms. The number of anilines is 3. The van der Waals surface area contributed by atoms with Gasteiger partial charge in [0.25, 0.3) is 17.7 Å². The Balaban J connectivity index is 0.000000138. The van der Waals surface area contributed by atoms with Crippen LogP contribution in [0.5, 0.6) is 0 Å². The number of likely N-dealkylation sites (tertiary alicyclic amines) is 3. The van der Waals surface area contributed by atoms with Crippen LogP contribution in [-0.2, 0) is 16.2 Å². The summed E-state index contributed by atoms with van der Waals surface area (Å²) in [6, 6.07) is 45.6. The molecule has 6 aliphatic rings. The van der Waals surface area contributed by atoms with Crippen molar-refractivity contribution in [3.05, 3.63) is 299 Å². The van der Waals surface area contributed by atoms with E-state index in [9.17, 15) is 31.9 Å². The maximum Gasteiger partial charge on any atom is 0.258 e. The van der Waals surface area contributed by atoms with Crippen LogP contribution in [0.4, 0.5) is 34.6 Å². The highest BCUT2D eigenvalue weighted by molar-refractivity contribution is 6.31. The summed E-state index contributed by atoms with van der Waals surface area (Å²) < 4.78 is 55.1. The van der Waals surface area contributed by atoms with Crippen LogP contribution in [0.3, 0.4) is 0 Å². The minimum Gasteiger partial charge on any atom is -0.307 e. The fourth-order valence-electron chi connectivity index (χ4n) is 15.4. The maximum absolute atomic E-state index is 14.3. The van der Waals surface area contributed by atoms with E-state index in [1.165, 1.54) is 77.0 Å². The predicted molar refractivity (Wildman–Crippen MR) is 405 cm³/mol. The monoisotopic (exact) mass is 1460 g/mol. The number of amides is 3. The summed E-state index contributed by atoms with van der Waals surface area (Å²) in [5.41, 5.74) is 11.9. The molecule has 528 valence electrons. The zero-order chi connectivity index (χ0) is 72.0. The van der Waals surface area contributed by atoms with E-state index in [0.717, 1.165) is 111 Å². The number of carbonyl (C=O) groups is 3. The molecule has 0 N–H and O–H groups in total. The first kappa shape index (κ1) is 72.5. The average molecular weight is 1470 g/mol. The molecule has 0 saturated carbocycles. The second-order valence-corrected chi connectivity index (χ2v) is 29.3. The van der Waals surface area contributed by atoms with E-state index in [0.29, 0.717) is 72.0 Å². The van der Waals surface area contributed by atoms with Crippen molar-refractivity contribution >= 4 is 99.4 Å². The van der Waals surface area contributed by atoms with Gasteiger partial charge in [-0.2, -0.15) is 0 Å². The molecule has 103 heavy (non-hydrogen) atoms. The first-order valence-electron chi connectivity index (χ1n) is 34.7. The fourth-order valence-corrected chi connectivity index (χ4v) is 16.1. The van der Waals surface area contributed by atoms with Gasteiger partial charge in [0.2, 0.25) is 0 Å². The Bertz CT molecular complexity index is 4490. The van der Waals surface area contributed by atoms with Crippen molar-refractivity contribution in [2.45, 2.75) is 68.6 Å². The van der Waals surface area contributed by atoms with Crippen molar-refractivity contribution in [1.29, 1.82) is 0 Å². The molecule has 6 aliphatic heterocycles. The maximum atomic E-state index is 14.3. The molecule has 3 fully saturated rings. The number of halogens is 8. The lowest BCUT2D eigenvalue weighted by atomic mass is 9.74. The molecule has 12 nitrogen and oxygen atoms in total. The van der Waals surface area contributed by atoms with Crippen molar-refractivity contribution in [3.63, 3.8) is 0 Å². The Kier molecular flexibility index (Phi) is 22.3. The van der Waals surface area contributed by atoms with E-state index in [-0.39, 0.29) is 56.3 Å². The van der Waals surface area contributed by atoms with Gasteiger partial charge >= 0.3 is 0 Å². The molecular weight excluding hydrogens is 1390 g/mol. The summed E-state index contributed by atoms with van der Waals surface area (Å²) >= 11 is 24.1. The van der Waals surface area contributed by atoms with Crippen LogP contribution in [0.1, 0.15) is 114 Å². The number of carbonyl (C=O) groups excluding carboxylic acids is 3. The minimum absolute atomic E-state index is 0.00969. The van der Waals surface area contributed by atoms with Gasteiger partial charge in [0, 0.05) is 118 Å². The van der Waals surface area contributed by atoms with Gasteiger partial charge < -0.3 is 14.7 Å². The summed E-state index contributed by atoms with van der Waals surface area (Å²) in [7, 11) is 0. The molecule has 3 aromatic heterocycles. The third kappa shape index (κ3) is 16.4. The van der Waals surface area contributed by atoms with Crippen LogP contribution in [0.2, 0.25) is 20.5 Å². The molecule has 9 heterocycles. The van der Waals surface area contributed by atoms with Gasteiger partial charge in [-0.1, -0.05) is 149 Å². The van der Waals surface area contributed by atoms with Gasteiger partial charge in [-0.3, -0.25) is 29.1 Å². The van der Waals surface area contributed by atoms with Crippen LogP contribution in [0, 0.1) is 37.1 Å². The van der Waals surface area contributed by atoms with Crippen LogP contribution in [0.15, 0.2) is 195 Å². The lowest BCUT2D eigenvalue weighted by Crippen LogP contribution is -2.46. The number of nitrogens with zero attached hydrogens (tertiary/aromatic N) is 9. The zero-order valence-electron chi connectivity index (χ0n) is 57.2. The molecule has 0 radical (unpaired) electrons. The van der Waals surface area contributed by atoms with E-state index in [1.807, 2.05) is 40.1 Å². The summed E-state index contributed by atoms with van der Waals surface area (Å²) in [5, 5.41) is 1.65. The third-order valence-electron chi connectivity index (χ3n) is 21.1. The molecule has 15 rings (SSSR count). The average Bonchev–Trinajstić information content (AvgIpc) is 1.60. The van der Waals surface area contributed by atoms with Gasteiger partial charge in [-0.15, -0.1) is 0 Å². The smallest absolute Gasteiger partial charge is 0.258 e. The van der Waals surface area contributed by atoms with Gasteiger partial charge in [-0.05, 0) is 223 Å². The van der Waals surface area contributed by atoms with Crippen LogP contribution >= 0.6 is 46.4 Å². The quantitative estimate of drug-likeness (QED) is 0.0872. The number of benzene rings is 6. The zero-order valence-corrected chi connectivity index (χ0v) is 60.2. The molecule has 20 heteroatoms. The number of hydrogen-bond donors (Lipinski definition) is 0. The molecule has 3 saturated heterocycles. The normalized spacial score (nSPS) is 17.4. The number of hydrogen-bond acceptors (Lipinski definition) is 9. The van der Waals surface area contributed by atoms with E-state index < -0.39 is 11.6 Å². The summed E-state index contributed by atoms with van der Waals surface area (Å²) in [4.78, 5) is 64.9. The van der Waals surface area contributed by atoms with Crippen LogP contribution < -0.4 is 14.7 Å². The van der Waals surface area contributed by atoms with Crippen molar-refractivity contribution in [2.75, 3.05) is 93.2 Å². The number of aryl methyl sites for hydroxylation is 2. The highest BCUT2D eigenvalue weighted by atomic mass is 35.5. The molecule has 0 aliphatic carbocycles. The second kappa shape index (κ2) is 31.6. The largest absolute Gasteiger partial charge is 0.307 e. The van der Waals surface area contributed by atoms with Gasteiger partial charge in [0.05, 0.1) is 0 Å². The molecule has 0 unspecified atom stereocenters. The number of aromatic nitrogens is 3. The lowest BCUT2D eigenvalue weighted by Gasteiger charge is -2.39. The fraction of sp³-hybridized carbons (Fsp3) is 0.277. The first-order chi connectivity index (χ1) is 49.7. The number of rotatable bonds is 12. The molecule has 0 atom stereocenters. The Morgan fingerprint density at radius 1 is 0.408 bits per heavy atom. The van der Waals surface area contributed by atoms with E-state index in [4.69, 9.17) is 46.4 Å². The van der Waals surface area contributed by atoms with E-state index >= 15 is 0 Å². The SMILES string of the molecule is Cc1ccc2c(c1)C1(CCN(C/C=C/c3ccc(Cl)cc3)CC1)CN2C(=O)c1ccnc(Cl)c1.Cc1ccc2c(c1)C1(CCN(C/C=C/c3ccc(F)cc3)CC1)CN2C(=O)c1ccnc(Cl)c1.O=C(c1ccnc(Cl)c1)N1CC2(CCN(C/C=C/c3c(F)cccc3F)CC2)c2cc(F)ccc21. The van der Waals surface area contributed by atoms with Crippen molar-refractivity contribution in [3.8, 4) is 0 Å².